The Kier molecular flexibility index (Phi) is 3.98. The first kappa shape index (κ1) is 13.0. The highest BCUT2D eigenvalue weighted by Gasteiger charge is 2.15. The van der Waals surface area contributed by atoms with Crippen molar-refractivity contribution >= 4 is 26.9 Å². The lowest BCUT2D eigenvalue weighted by molar-refractivity contribution is 0.597. The van der Waals surface area contributed by atoms with Gasteiger partial charge in [-0.25, -0.2) is 13.4 Å². The van der Waals surface area contributed by atoms with Crippen LogP contribution in [0.2, 0.25) is 0 Å². The Morgan fingerprint density at radius 1 is 1.33 bits per heavy atom. The lowest BCUT2D eigenvalue weighted by Crippen LogP contribution is -2.09. The molecule has 0 aliphatic heterocycles. The number of nitrogens with zero attached hydrogens (tertiary/aromatic N) is 1. The van der Waals surface area contributed by atoms with E-state index in [0.717, 1.165) is 5.01 Å². The second-order valence-electron chi connectivity index (χ2n) is 3.68. The minimum atomic E-state index is -3.20. The minimum absolute atomic E-state index is 0.100. The van der Waals surface area contributed by atoms with Crippen molar-refractivity contribution in [2.75, 3.05) is 11.1 Å². The Bertz CT molecular complexity index is 607. The molecule has 2 aromatic rings. The number of hydrogen-bond acceptors (Lipinski definition) is 5. The van der Waals surface area contributed by atoms with Gasteiger partial charge in [-0.05, 0) is 12.1 Å². The molecule has 1 aromatic heterocycles. The van der Waals surface area contributed by atoms with E-state index in [1.807, 2.05) is 11.4 Å². The predicted octanol–water partition coefficient (Wildman–Crippen LogP) is 2.55. The third kappa shape index (κ3) is 2.88. The van der Waals surface area contributed by atoms with Crippen LogP contribution in [0.15, 0.2) is 40.7 Å². The van der Waals surface area contributed by atoms with Gasteiger partial charge in [0.05, 0.1) is 22.9 Å². The molecule has 18 heavy (non-hydrogen) atoms. The van der Waals surface area contributed by atoms with Gasteiger partial charge in [-0.2, -0.15) is 0 Å². The predicted molar refractivity (Wildman–Crippen MR) is 73.6 cm³/mol. The molecule has 4 nitrogen and oxygen atoms in total. The van der Waals surface area contributed by atoms with Crippen molar-refractivity contribution in [2.45, 2.75) is 18.4 Å². The maximum Gasteiger partial charge on any atom is 0.180 e. The van der Waals surface area contributed by atoms with E-state index in [4.69, 9.17) is 0 Å². The molecule has 1 N–H and O–H groups in total. The van der Waals surface area contributed by atoms with Crippen LogP contribution in [0, 0.1) is 0 Å². The Morgan fingerprint density at radius 3 is 2.78 bits per heavy atom. The van der Waals surface area contributed by atoms with Crippen molar-refractivity contribution in [2.24, 2.45) is 0 Å². The first-order valence-electron chi connectivity index (χ1n) is 5.57. The van der Waals surface area contributed by atoms with Gasteiger partial charge in [0.2, 0.25) is 0 Å². The van der Waals surface area contributed by atoms with E-state index in [-0.39, 0.29) is 5.75 Å². The van der Waals surface area contributed by atoms with E-state index in [2.05, 4.69) is 10.3 Å². The fourth-order valence-corrected chi connectivity index (χ4v) is 3.18. The number of nitrogens with one attached hydrogen (secondary N) is 1. The maximum absolute atomic E-state index is 11.9. The van der Waals surface area contributed by atoms with Gasteiger partial charge in [-0.15, -0.1) is 11.3 Å². The SMILES string of the molecule is CCS(=O)(=O)c1ccccc1NCc1nccs1. The monoisotopic (exact) mass is 282 g/mol. The molecular formula is C12H14N2O2S2. The molecule has 0 bridgehead atoms. The summed E-state index contributed by atoms with van der Waals surface area (Å²) in [6, 6.07) is 6.95. The molecule has 0 aliphatic carbocycles. The van der Waals surface area contributed by atoms with Crippen LogP contribution in [0.1, 0.15) is 11.9 Å². The highest BCUT2D eigenvalue weighted by molar-refractivity contribution is 7.91. The van der Waals surface area contributed by atoms with Gasteiger partial charge in [-0.1, -0.05) is 19.1 Å². The van der Waals surface area contributed by atoms with Crippen LogP contribution in [0.5, 0.6) is 0 Å². The summed E-state index contributed by atoms with van der Waals surface area (Å²) >= 11 is 1.54. The molecule has 0 atom stereocenters. The summed E-state index contributed by atoms with van der Waals surface area (Å²) in [5, 5.41) is 5.95. The van der Waals surface area contributed by atoms with E-state index in [1.165, 1.54) is 11.3 Å². The van der Waals surface area contributed by atoms with Gasteiger partial charge in [0.1, 0.15) is 5.01 Å². The largest absolute Gasteiger partial charge is 0.377 e. The van der Waals surface area contributed by atoms with Gasteiger partial charge < -0.3 is 5.32 Å². The Morgan fingerprint density at radius 2 is 2.11 bits per heavy atom. The van der Waals surface area contributed by atoms with Gasteiger partial charge in [0, 0.05) is 11.6 Å². The summed E-state index contributed by atoms with van der Waals surface area (Å²) in [6.07, 6.45) is 1.73. The van der Waals surface area contributed by atoms with Crippen molar-refractivity contribution in [1.82, 2.24) is 4.98 Å². The van der Waals surface area contributed by atoms with Crippen LogP contribution in [-0.4, -0.2) is 19.2 Å². The normalized spacial score (nSPS) is 11.4. The zero-order valence-electron chi connectivity index (χ0n) is 9.96. The molecule has 0 unspecified atom stereocenters. The third-order valence-electron chi connectivity index (χ3n) is 2.52. The average Bonchev–Trinajstić information content (AvgIpc) is 2.90. The highest BCUT2D eigenvalue weighted by Crippen LogP contribution is 2.22. The number of sulfone groups is 1. The molecule has 1 heterocycles. The van der Waals surface area contributed by atoms with Crippen LogP contribution in [0.4, 0.5) is 5.69 Å². The van der Waals surface area contributed by atoms with Gasteiger partial charge >= 0.3 is 0 Å². The van der Waals surface area contributed by atoms with Crippen molar-refractivity contribution in [1.29, 1.82) is 0 Å². The summed E-state index contributed by atoms with van der Waals surface area (Å²) in [4.78, 5) is 4.50. The fraction of sp³-hybridized carbons (Fsp3) is 0.250. The van der Waals surface area contributed by atoms with Crippen LogP contribution >= 0.6 is 11.3 Å². The van der Waals surface area contributed by atoms with Crippen LogP contribution in [0.3, 0.4) is 0 Å². The second-order valence-corrected chi connectivity index (χ2v) is 6.90. The fourth-order valence-electron chi connectivity index (χ4n) is 1.55. The van der Waals surface area contributed by atoms with Crippen molar-refractivity contribution in [3.8, 4) is 0 Å². The molecule has 0 spiro atoms. The number of para-hydroxylation sites is 1. The zero-order valence-corrected chi connectivity index (χ0v) is 11.6. The highest BCUT2D eigenvalue weighted by atomic mass is 32.2. The molecule has 0 fully saturated rings. The number of thiazole rings is 1. The molecule has 96 valence electrons. The topological polar surface area (TPSA) is 59.1 Å². The molecular weight excluding hydrogens is 268 g/mol. The molecule has 2 rings (SSSR count). The molecule has 6 heteroatoms. The first-order chi connectivity index (χ1) is 8.63. The number of aromatic nitrogens is 1. The molecule has 0 saturated heterocycles. The first-order valence-corrected chi connectivity index (χ1v) is 8.10. The van der Waals surface area contributed by atoms with Crippen molar-refractivity contribution in [3.63, 3.8) is 0 Å². The summed E-state index contributed by atoms with van der Waals surface area (Å²) in [5.74, 6) is 0.100. The van der Waals surface area contributed by atoms with E-state index in [1.54, 1.807) is 31.3 Å². The molecule has 0 amide bonds. The van der Waals surface area contributed by atoms with Gasteiger partial charge in [0.25, 0.3) is 0 Å². The smallest absolute Gasteiger partial charge is 0.180 e. The van der Waals surface area contributed by atoms with E-state index >= 15 is 0 Å². The van der Waals surface area contributed by atoms with Crippen LogP contribution < -0.4 is 5.32 Å². The lowest BCUT2D eigenvalue weighted by atomic mass is 10.3. The average molecular weight is 282 g/mol. The second kappa shape index (κ2) is 5.49. The lowest BCUT2D eigenvalue weighted by Gasteiger charge is -2.10. The Labute approximate surface area is 111 Å². The Balaban J connectivity index is 2.23. The summed E-state index contributed by atoms with van der Waals surface area (Å²) in [7, 11) is -3.20. The molecule has 1 aromatic carbocycles. The minimum Gasteiger partial charge on any atom is -0.377 e. The summed E-state index contributed by atoms with van der Waals surface area (Å²) in [6.45, 7) is 2.18. The molecule has 0 aliphatic rings. The number of anilines is 1. The Hall–Kier alpha value is -1.40. The summed E-state index contributed by atoms with van der Waals surface area (Å²) < 4.78 is 23.9. The summed E-state index contributed by atoms with van der Waals surface area (Å²) in [5.41, 5.74) is 0.634. The quantitative estimate of drug-likeness (QED) is 0.915. The van der Waals surface area contributed by atoms with Gasteiger partial charge in [0.15, 0.2) is 9.84 Å². The van der Waals surface area contributed by atoms with Crippen molar-refractivity contribution in [3.05, 3.63) is 40.8 Å². The number of benzene rings is 1. The molecule has 0 saturated carbocycles. The zero-order chi connectivity index (χ0) is 13.0. The number of rotatable bonds is 5. The van der Waals surface area contributed by atoms with Crippen molar-refractivity contribution < 1.29 is 8.42 Å². The van der Waals surface area contributed by atoms with E-state index in [9.17, 15) is 8.42 Å². The standard InChI is InChI=1S/C12H14N2O2S2/c1-2-18(15,16)11-6-4-3-5-10(11)14-9-12-13-7-8-17-12/h3-8,14H,2,9H2,1H3. The van der Waals surface area contributed by atoms with Gasteiger partial charge in [-0.3, -0.25) is 0 Å². The third-order valence-corrected chi connectivity index (χ3v) is 5.08. The maximum atomic E-state index is 11.9. The van der Waals surface area contributed by atoms with E-state index in [0.29, 0.717) is 17.1 Å². The number of hydrogen-bond donors (Lipinski definition) is 1. The van der Waals surface area contributed by atoms with Crippen LogP contribution in [-0.2, 0) is 16.4 Å². The van der Waals surface area contributed by atoms with Crippen LogP contribution in [0.25, 0.3) is 0 Å². The molecule has 0 radical (unpaired) electrons. The van der Waals surface area contributed by atoms with E-state index < -0.39 is 9.84 Å².